The number of fused-ring (bicyclic) bond motifs is 1. The maximum atomic E-state index is 13.7. The maximum Gasteiger partial charge on any atom is 0.306 e. The van der Waals surface area contributed by atoms with Crippen LogP contribution in [0.4, 0.5) is 8.78 Å². The summed E-state index contributed by atoms with van der Waals surface area (Å²) in [5, 5.41) is 30.2. The largest absolute Gasteiger partial charge is 0.487 e. The Kier molecular flexibility index (Phi) is 9.85. The molecule has 0 amide bonds. The van der Waals surface area contributed by atoms with Crippen LogP contribution in [0.1, 0.15) is 51.9 Å². The monoisotopic (exact) mass is 482 g/mol. The van der Waals surface area contributed by atoms with Crippen LogP contribution in [0.3, 0.4) is 0 Å². The van der Waals surface area contributed by atoms with Crippen molar-refractivity contribution in [3.05, 3.63) is 42.0 Å². The fourth-order valence-corrected chi connectivity index (χ4v) is 5.19. The van der Waals surface area contributed by atoms with E-state index in [2.05, 4.69) is 0 Å². The number of aliphatic carboxylic acids is 1. The van der Waals surface area contributed by atoms with E-state index in [0.717, 1.165) is 43.9 Å². The van der Waals surface area contributed by atoms with Crippen molar-refractivity contribution in [3.63, 3.8) is 0 Å². The lowest BCUT2D eigenvalue weighted by Gasteiger charge is -2.21. The highest BCUT2D eigenvalue weighted by Crippen LogP contribution is 2.42. The predicted molar refractivity (Wildman–Crippen MR) is 122 cm³/mol. The van der Waals surface area contributed by atoms with Gasteiger partial charge in [0.25, 0.3) is 0 Å². The van der Waals surface area contributed by atoms with Crippen molar-refractivity contribution in [2.75, 3.05) is 13.2 Å². The summed E-state index contributed by atoms with van der Waals surface area (Å²) in [7, 11) is 0. The molecule has 0 radical (unpaired) electrons. The van der Waals surface area contributed by atoms with Crippen LogP contribution in [0.25, 0.3) is 0 Å². The molecule has 34 heavy (non-hydrogen) atoms. The first-order chi connectivity index (χ1) is 16.3. The van der Waals surface area contributed by atoms with Gasteiger partial charge in [0.15, 0.2) is 11.6 Å². The number of carboxylic acid groups (broad SMARTS) is 1. The average molecular weight is 483 g/mol. The third-order valence-corrected chi connectivity index (χ3v) is 7.11. The standard InChI is InChI=1S/C26H36F2O6/c1-2-3-17(26(31)32)6-4-16-5-9-21-20(23(30)13-24(21)33-14-16)10-8-19(29)15-34-25-12-18(27)7-11-22(25)28/h7-8,10-12,16-17,19-21,23-24,29-30H,2-6,9,13-15H2,1H3,(H,31,32)/t16-,17?,19+,20-,21-,23-,24+/m1/s1. The highest BCUT2D eigenvalue weighted by Gasteiger charge is 2.43. The maximum absolute atomic E-state index is 13.7. The molecule has 8 heteroatoms. The number of hydrogen-bond acceptors (Lipinski definition) is 5. The highest BCUT2D eigenvalue weighted by molar-refractivity contribution is 5.69. The molecule has 1 aliphatic carbocycles. The number of ether oxygens (including phenoxy) is 2. The van der Waals surface area contributed by atoms with Gasteiger partial charge in [0.1, 0.15) is 18.5 Å². The third kappa shape index (κ3) is 7.23. The van der Waals surface area contributed by atoms with E-state index in [0.29, 0.717) is 31.8 Å². The van der Waals surface area contributed by atoms with Crippen LogP contribution in [-0.2, 0) is 9.53 Å². The normalized spacial score (nSPS) is 28.9. The van der Waals surface area contributed by atoms with Crippen LogP contribution in [0, 0.1) is 35.3 Å². The molecule has 0 spiro atoms. The zero-order valence-electron chi connectivity index (χ0n) is 19.6. The second-order valence-electron chi connectivity index (χ2n) is 9.60. The number of carbonyl (C=O) groups is 1. The third-order valence-electron chi connectivity index (χ3n) is 7.11. The fourth-order valence-electron chi connectivity index (χ4n) is 5.19. The first-order valence-corrected chi connectivity index (χ1v) is 12.2. The van der Waals surface area contributed by atoms with Gasteiger partial charge in [-0.15, -0.1) is 0 Å². The van der Waals surface area contributed by atoms with Gasteiger partial charge in [0.05, 0.1) is 18.1 Å². The van der Waals surface area contributed by atoms with Crippen molar-refractivity contribution in [1.29, 1.82) is 0 Å². The van der Waals surface area contributed by atoms with Gasteiger partial charge < -0.3 is 24.8 Å². The Morgan fingerprint density at radius 3 is 2.82 bits per heavy atom. The summed E-state index contributed by atoms with van der Waals surface area (Å²) in [6.45, 7) is 2.32. The molecule has 6 nitrogen and oxygen atoms in total. The van der Waals surface area contributed by atoms with E-state index in [4.69, 9.17) is 9.47 Å². The van der Waals surface area contributed by atoms with Gasteiger partial charge in [-0.05, 0) is 56.1 Å². The minimum absolute atomic E-state index is 0.0738. The summed E-state index contributed by atoms with van der Waals surface area (Å²) in [6, 6.07) is 2.88. The van der Waals surface area contributed by atoms with Crippen molar-refractivity contribution in [3.8, 4) is 5.75 Å². The lowest BCUT2D eigenvalue weighted by atomic mass is 9.85. The Balaban J connectivity index is 1.51. The smallest absolute Gasteiger partial charge is 0.306 e. The molecule has 2 fully saturated rings. The van der Waals surface area contributed by atoms with E-state index in [9.17, 15) is 28.9 Å². The molecule has 3 rings (SSSR count). The molecular formula is C26H36F2O6. The van der Waals surface area contributed by atoms with E-state index < -0.39 is 29.8 Å². The molecule has 2 aliphatic rings. The molecule has 1 aromatic rings. The van der Waals surface area contributed by atoms with Crippen LogP contribution >= 0.6 is 0 Å². The topological polar surface area (TPSA) is 96.2 Å². The Morgan fingerprint density at radius 2 is 2.09 bits per heavy atom. The summed E-state index contributed by atoms with van der Waals surface area (Å²) in [4.78, 5) is 11.4. The zero-order chi connectivity index (χ0) is 24.7. The van der Waals surface area contributed by atoms with Crippen LogP contribution in [-0.4, -0.2) is 52.8 Å². The van der Waals surface area contributed by atoms with Gasteiger partial charge >= 0.3 is 5.97 Å². The molecule has 3 N–H and O–H groups in total. The Labute approximate surface area is 199 Å². The molecule has 7 atom stereocenters. The van der Waals surface area contributed by atoms with Crippen molar-refractivity contribution >= 4 is 5.97 Å². The number of benzene rings is 1. The molecule has 190 valence electrons. The summed E-state index contributed by atoms with van der Waals surface area (Å²) < 4.78 is 38.2. The van der Waals surface area contributed by atoms with Gasteiger partial charge in [-0.25, -0.2) is 8.78 Å². The lowest BCUT2D eigenvalue weighted by molar-refractivity contribution is -0.142. The summed E-state index contributed by atoms with van der Waals surface area (Å²) in [6.07, 6.45) is 6.87. The summed E-state index contributed by atoms with van der Waals surface area (Å²) >= 11 is 0. The van der Waals surface area contributed by atoms with E-state index in [-0.39, 0.29) is 36.2 Å². The van der Waals surface area contributed by atoms with Gasteiger partial charge in [0.2, 0.25) is 0 Å². The van der Waals surface area contributed by atoms with E-state index in [1.165, 1.54) is 6.08 Å². The number of rotatable bonds is 11. The number of halogens is 2. The van der Waals surface area contributed by atoms with E-state index in [1.807, 2.05) is 6.92 Å². The second-order valence-corrected chi connectivity index (χ2v) is 9.60. The van der Waals surface area contributed by atoms with Crippen molar-refractivity contribution < 1.29 is 38.4 Å². The average Bonchev–Trinajstić information content (AvgIpc) is 2.96. The quantitative estimate of drug-likeness (QED) is 0.406. The first kappa shape index (κ1) is 26.6. The zero-order valence-corrected chi connectivity index (χ0v) is 19.6. The molecule has 0 aromatic heterocycles. The molecule has 1 saturated carbocycles. The number of carboxylic acids is 1. The first-order valence-electron chi connectivity index (χ1n) is 12.2. The van der Waals surface area contributed by atoms with E-state index in [1.54, 1.807) is 6.08 Å². The highest BCUT2D eigenvalue weighted by atomic mass is 19.1. The lowest BCUT2D eigenvalue weighted by Crippen LogP contribution is -2.22. The Hall–Kier alpha value is -2.03. The van der Waals surface area contributed by atoms with Gasteiger partial charge in [0, 0.05) is 25.0 Å². The van der Waals surface area contributed by atoms with Gasteiger partial charge in [-0.1, -0.05) is 25.5 Å². The van der Waals surface area contributed by atoms with E-state index >= 15 is 0 Å². The van der Waals surface area contributed by atoms with Crippen LogP contribution in [0.15, 0.2) is 30.4 Å². The molecule has 1 unspecified atom stereocenters. The molecule has 0 bridgehead atoms. The predicted octanol–water partition coefficient (Wildman–Crippen LogP) is 4.33. The van der Waals surface area contributed by atoms with Crippen LogP contribution in [0.2, 0.25) is 0 Å². The van der Waals surface area contributed by atoms with Crippen molar-refractivity contribution in [2.45, 2.75) is 70.2 Å². The molecule has 1 aromatic carbocycles. The molecule has 1 saturated heterocycles. The Morgan fingerprint density at radius 1 is 1.29 bits per heavy atom. The SMILES string of the molecule is CCCC(CC[C@@H]1CC[C@@H]2[C@@H](C=C[C@H](O)COc3cc(F)ccc3F)[C@H](O)C[C@@H]2OC1)C(=O)O. The molecule has 1 heterocycles. The second kappa shape index (κ2) is 12.6. The summed E-state index contributed by atoms with van der Waals surface area (Å²) in [5.41, 5.74) is 0. The van der Waals surface area contributed by atoms with Crippen molar-refractivity contribution in [1.82, 2.24) is 0 Å². The minimum atomic E-state index is -1.04. The fraction of sp³-hybridized carbons (Fsp3) is 0.654. The summed E-state index contributed by atoms with van der Waals surface area (Å²) in [5.74, 6) is -2.42. The van der Waals surface area contributed by atoms with Crippen molar-refractivity contribution in [2.24, 2.45) is 23.7 Å². The number of aliphatic hydroxyl groups is 2. The minimum Gasteiger partial charge on any atom is -0.487 e. The van der Waals surface area contributed by atoms with Gasteiger partial charge in [-0.3, -0.25) is 4.79 Å². The number of aliphatic hydroxyl groups excluding tert-OH is 2. The number of hydrogen-bond donors (Lipinski definition) is 3. The van der Waals surface area contributed by atoms with Crippen LogP contribution in [0.5, 0.6) is 5.75 Å². The Bertz CT molecular complexity index is 832. The van der Waals surface area contributed by atoms with Crippen LogP contribution < -0.4 is 4.74 Å². The van der Waals surface area contributed by atoms with Gasteiger partial charge in [-0.2, -0.15) is 0 Å². The molecule has 1 aliphatic heterocycles. The molecular weight excluding hydrogens is 446 g/mol.